The number of benzene rings is 1. The van der Waals surface area contributed by atoms with E-state index in [1.54, 1.807) is 0 Å². The second kappa shape index (κ2) is 5.95. The van der Waals surface area contributed by atoms with Crippen LogP contribution in [-0.4, -0.2) is 12.0 Å². The van der Waals surface area contributed by atoms with Crippen molar-refractivity contribution in [1.29, 1.82) is 0 Å². The number of hydrogen-bond donors (Lipinski definition) is 1. The molecule has 0 saturated heterocycles. The van der Waals surface area contributed by atoms with Crippen molar-refractivity contribution in [2.24, 2.45) is 0 Å². The van der Waals surface area contributed by atoms with Crippen LogP contribution in [-0.2, 0) is 0 Å². The van der Waals surface area contributed by atoms with Gasteiger partial charge in [-0.3, -0.25) is 4.98 Å². The Morgan fingerprint density at radius 3 is 2.61 bits per heavy atom. The summed E-state index contributed by atoms with van der Waals surface area (Å²) in [5, 5.41) is 3.31. The van der Waals surface area contributed by atoms with Gasteiger partial charge in [0.05, 0.1) is 11.7 Å². The lowest BCUT2D eigenvalue weighted by molar-refractivity contribution is 0.666. The van der Waals surface area contributed by atoms with Crippen LogP contribution in [0.4, 0.5) is 0 Å². The van der Waals surface area contributed by atoms with Crippen LogP contribution in [0.3, 0.4) is 0 Å². The molecule has 1 aromatic carbocycles. The van der Waals surface area contributed by atoms with Gasteiger partial charge in [-0.2, -0.15) is 0 Å². The molecule has 1 unspecified atom stereocenters. The zero-order valence-electron chi connectivity index (χ0n) is 10.2. The van der Waals surface area contributed by atoms with Crippen LogP contribution < -0.4 is 5.32 Å². The van der Waals surface area contributed by atoms with E-state index in [1.165, 1.54) is 11.1 Å². The zero-order chi connectivity index (χ0) is 13.1. The van der Waals surface area contributed by atoms with Gasteiger partial charge in [-0.25, -0.2) is 0 Å². The standard InChI is InChI=1S/C14H14Br2N2/c1-9-4-3-5-10(6-9)13(17-2)14-12(16)7-11(15)8-18-14/h3-8,13,17H,1-2H3. The Morgan fingerprint density at radius 2 is 2.00 bits per heavy atom. The summed E-state index contributed by atoms with van der Waals surface area (Å²) in [7, 11) is 1.95. The molecule has 0 fully saturated rings. The smallest absolute Gasteiger partial charge is 0.0761 e. The van der Waals surface area contributed by atoms with E-state index < -0.39 is 0 Å². The molecule has 0 spiro atoms. The maximum Gasteiger partial charge on any atom is 0.0761 e. The molecule has 94 valence electrons. The molecule has 1 heterocycles. The van der Waals surface area contributed by atoms with E-state index >= 15 is 0 Å². The Morgan fingerprint density at radius 1 is 1.22 bits per heavy atom. The fourth-order valence-corrected chi connectivity index (χ4v) is 3.16. The molecule has 0 saturated carbocycles. The number of rotatable bonds is 3. The first-order chi connectivity index (χ1) is 8.61. The normalized spacial score (nSPS) is 12.4. The molecule has 0 radical (unpaired) electrons. The lowest BCUT2D eigenvalue weighted by atomic mass is 10.0. The van der Waals surface area contributed by atoms with Crippen LogP contribution >= 0.6 is 31.9 Å². The van der Waals surface area contributed by atoms with Crippen molar-refractivity contribution >= 4 is 31.9 Å². The number of hydrogen-bond acceptors (Lipinski definition) is 2. The molecule has 0 aliphatic rings. The second-order valence-electron chi connectivity index (χ2n) is 4.16. The monoisotopic (exact) mass is 368 g/mol. The highest BCUT2D eigenvalue weighted by molar-refractivity contribution is 9.11. The van der Waals surface area contributed by atoms with Gasteiger partial charge in [0.1, 0.15) is 0 Å². The molecule has 0 aliphatic carbocycles. The van der Waals surface area contributed by atoms with E-state index in [-0.39, 0.29) is 6.04 Å². The van der Waals surface area contributed by atoms with Gasteiger partial charge in [0.15, 0.2) is 0 Å². The molecule has 4 heteroatoms. The first-order valence-corrected chi connectivity index (χ1v) is 7.25. The van der Waals surface area contributed by atoms with Crippen LogP contribution in [0.2, 0.25) is 0 Å². The number of nitrogens with zero attached hydrogens (tertiary/aromatic N) is 1. The Kier molecular flexibility index (Phi) is 4.54. The van der Waals surface area contributed by atoms with Gasteiger partial charge >= 0.3 is 0 Å². The summed E-state index contributed by atoms with van der Waals surface area (Å²) < 4.78 is 1.97. The first kappa shape index (κ1) is 13.7. The van der Waals surface area contributed by atoms with Crippen LogP contribution in [0.25, 0.3) is 0 Å². The lowest BCUT2D eigenvalue weighted by Crippen LogP contribution is -2.19. The summed E-state index contributed by atoms with van der Waals surface area (Å²) in [4.78, 5) is 4.50. The van der Waals surface area contributed by atoms with Crippen molar-refractivity contribution in [3.8, 4) is 0 Å². The molecule has 2 nitrogen and oxygen atoms in total. The summed E-state index contributed by atoms with van der Waals surface area (Å²) in [6, 6.07) is 10.6. The summed E-state index contributed by atoms with van der Waals surface area (Å²) in [5.74, 6) is 0. The van der Waals surface area contributed by atoms with Crippen molar-refractivity contribution in [3.63, 3.8) is 0 Å². The molecular weight excluding hydrogens is 356 g/mol. The lowest BCUT2D eigenvalue weighted by Gasteiger charge is -2.18. The van der Waals surface area contributed by atoms with Gasteiger partial charge in [0.2, 0.25) is 0 Å². The van der Waals surface area contributed by atoms with Gasteiger partial charge in [0, 0.05) is 15.1 Å². The van der Waals surface area contributed by atoms with Gasteiger partial charge < -0.3 is 5.32 Å². The number of pyridine rings is 1. The Bertz CT molecular complexity index is 555. The van der Waals surface area contributed by atoms with Crippen molar-refractivity contribution in [2.45, 2.75) is 13.0 Å². The molecule has 2 rings (SSSR count). The maximum absolute atomic E-state index is 4.50. The molecule has 18 heavy (non-hydrogen) atoms. The summed E-state index contributed by atoms with van der Waals surface area (Å²) in [6.07, 6.45) is 1.82. The van der Waals surface area contributed by atoms with Crippen molar-refractivity contribution < 1.29 is 0 Å². The maximum atomic E-state index is 4.50. The van der Waals surface area contributed by atoms with E-state index in [0.717, 1.165) is 14.6 Å². The first-order valence-electron chi connectivity index (χ1n) is 5.66. The van der Waals surface area contributed by atoms with Gasteiger partial charge in [-0.05, 0) is 57.5 Å². The van der Waals surface area contributed by atoms with Crippen LogP contribution in [0, 0.1) is 6.92 Å². The molecule has 0 bridgehead atoms. The molecule has 1 atom stereocenters. The third-order valence-corrected chi connectivity index (χ3v) is 3.84. The zero-order valence-corrected chi connectivity index (χ0v) is 13.4. The van der Waals surface area contributed by atoms with Crippen LogP contribution in [0.1, 0.15) is 22.9 Å². The average Bonchev–Trinajstić information content (AvgIpc) is 2.33. The summed E-state index contributed by atoms with van der Waals surface area (Å²) in [5.41, 5.74) is 3.46. The molecule has 0 aliphatic heterocycles. The van der Waals surface area contributed by atoms with Crippen molar-refractivity contribution in [1.82, 2.24) is 10.3 Å². The second-order valence-corrected chi connectivity index (χ2v) is 5.93. The highest BCUT2D eigenvalue weighted by atomic mass is 79.9. The minimum atomic E-state index is 0.0902. The third-order valence-electron chi connectivity index (χ3n) is 2.77. The highest BCUT2D eigenvalue weighted by Crippen LogP contribution is 2.28. The Labute approximate surface area is 124 Å². The predicted octanol–water partition coefficient (Wildman–Crippen LogP) is 4.22. The average molecular weight is 370 g/mol. The SMILES string of the molecule is CNC(c1cccc(C)c1)c1ncc(Br)cc1Br. The topological polar surface area (TPSA) is 24.9 Å². The summed E-state index contributed by atoms with van der Waals surface area (Å²) >= 11 is 6.99. The molecule has 1 N–H and O–H groups in total. The highest BCUT2D eigenvalue weighted by Gasteiger charge is 2.16. The number of aromatic nitrogens is 1. The van der Waals surface area contributed by atoms with E-state index in [9.17, 15) is 0 Å². The summed E-state index contributed by atoms with van der Waals surface area (Å²) in [6.45, 7) is 2.10. The fourth-order valence-electron chi connectivity index (χ4n) is 1.95. The number of nitrogens with one attached hydrogen (secondary N) is 1. The van der Waals surface area contributed by atoms with E-state index in [2.05, 4.69) is 73.3 Å². The molecule has 0 amide bonds. The largest absolute Gasteiger partial charge is 0.308 e. The van der Waals surface area contributed by atoms with Gasteiger partial charge in [-0.1, -0.05) is 29.8 Å². The van der Waals surface area contributed by atoms with Gasteiger partial charge in [-0.15, -0.1) is 0 Å². The van der Waals surface area contributed by atoms with E-state index in [4.69, 9.17) is 0 Å². The van der Waals surface area contributed by atoms with E-state index in [1.807, 2.05) is 19.3 Å². The Hall–Kier alpha value is -0.710. The predicted molar refractivity (Wildman–Crippen MR) is 81.7 cm³/mol. The minimum Gasteiger partial charge on any atom is -0.308 e. The van der Waals surface area contributed by atoms with E-state index in [0.29, 0.717) is 0 Å². The minimum absolute atomic E-state index is 0.0902. The Balaban J connectivity index is 2.45. The van der Waals surface area contributed by atoms with Crippen LogP contribution in [0.5, 0.6) is 0 Å². The molecular formula is C14H14Br2N2. The number of aryl methyl sites for hydroxylation is 1. The fraction of sp³-hybridized carbons (Fsp3) is 0.214. The molecule has 1 aromatic heterocycles. The van der Waals surface area contributed by atoms with Crippen molar-refractivity contribution in [3.05, 3.63) is 62.3 Å². The number of halogens is 2. The van der Waals surface area contributed by atoms with Gasteiger partial charge in [0.25, 0.3) is 0 Å². The third kappa shape index (κ3) is 2.99. The molecule has 2 aromatic rings. The van der Waals surface area contributed by atoms with Crippen molar-refractivity contribution in [2.75, 3.05) is 7.05 Å². The quantitative estimate of drug-likeness (QED) is 0.875. The van der Waals surface area contributed by atoms with Crippen LogP contribution in [0.15, 0.2) is 45.5 Å².